The normalized spacial score (nSPS) is 11.9. The fraction of sp³-hybridized carbons (Fsp3) is 0.296. The molecule has 4 heteroatoms. The van der Waals surface area contributed by atoms with Crippen LogP contribution in [0.1, 0.15) is 59.7 Å². The third-order valence-electron chi connectivity index (χ3n) is 5.57. The molecule has 3 rings (SSSR count). The van der Waals surface area contributed by atoms with E-state index in [0.717, 1.165) is 51.4 Å². The molecule has 0 N–H and O–H groups in total. The molecule has 0 bridgehead atoms. The largest absolute Gasteiger partial charge is 0.342 e. The van der Waals surface area contributed by atoms with Crippen LogP contribution >= 0.6 is 11.8 Å². The molecule has 162 valence electrons. The molecular weight excluding hydrogens is 405 g/mol. The Morgan fingerprint density at radius 2 is 1.81 bits per heavy atom. The van der Waals surface area contributed by atoms with Gasteiger partial charge in [-0.25, -0.2) is 4.39 Å². The molecule has 0 aliphatic rings. The second kappa shape index (κ2) is 10.6. The Kier molecular flexibility index (Phi) is 7.91. The van der Waals surface area contributed by atoms with Gasteiger partial charge in [0.25, 0.3) is 5.91 Å². The molecule has 0 spiro atoms. The summed E-state index contributed by atoms with van der Waals surface area (Å²) in [5.74, 6) is -0.0736. The zero-order valence-corrected chi connectivity index (χ0v) is 19.5. The van der Waals surface area contributed by atoms with Crippen molar-refractivity contribution in [3.63, 3.8) is 0 Å². The predicted octanol–water partition coefficient (Wildman–Crippen LogP) is 7.31. The number of carbonyl (C=O) groups is 1. The number of halogens is 1. The molecule has 0 saturated carbocycles. The van der Waals surface area contributed by atoms with Crippen molar-refractivity contribution in [3.8, 4) is 0 Å². The van der Waals surface area contributed by atoms with Gasteiger partial charge in [0, 0.05) is 34.9 Å². The van der Waals surface area contributed by atoms with Gasteiger partial charge in [0.15, 0.2) is 0 Å². The summed E-state index contributed by atoms with van der Waals surface area (Å²) in [7, 11) is 1.86. The first-order valence-electron chi connectivity index (χ1n) is 10.8. The Balaban J connectivity index is 1.83. The van der Waals surface area contributed by atoms with Crippen LogP contribution in [0.3, 0.4) is 0 Å². The molecule has 0 aliphatic heterocycles. The predicted molar refractivity (Wildman–Crippen MR) is 128 cm³/mol. The molecule has 0 heterocycles. The summed E-state index contributed by atoms with van der Waals surface area (Å²) in [5, 5.41) is 0. The fourth-order valence-corrected chi connectivity index (χ4v) is 4.72. The highest BCUT2D eigenvalue weighted by Crippen LogP contribution is 2.38. The quantitative estimate of drug-likeness (QED) is 0.370. The highest BCUT2D eigenvalue weighted by molar-refractivity contribution is 7.99. The van der Waals surface area contributed by atoms with Gasteiger partial charge >= 0.3 is 0 Å². The van der Waals surface area contributed by atoms with Crippen molar-refractivity contribution in [2.75, 3.05) is 13.6 Å². The molecule has 31 heavy (non-hydrogen) atoms. The lowest BCUT2D eigenvalue weighted by molar-refractivity contribution is 0.0793. The molecule has 1 amide bonds. The molecule has 1 unspecified atom stereocenters. The Morgan fingerprint density at radius 3 is 2.52 bits per heavy atom. The smallest absolute Gasteiger partial charge is 0.253 e. The average molecular weight is 436 g/mol. The fourth-order valence-electron chi connectivity index (χ4n) is 3.62. The summed E-state index contributed by atoms with van der Waals surface area (Å²) in [6, 6.07) is 21.0. The minimum absolute atomic E-state index is 0.0632. The van der Waals surface area contributed by atoms with Gasteiger partial charge in [-0.05, 0) is 66.4 Å². The van der Waals surface area contributed by atoms with Crippen molar-refractivity contribution < 1.29 is 9.18 Å². The average Bonchev–Trinajstić information content (AvgIpc) is 2.78. The first-order valence-corrected chi connectivity index (χ1v) is 11.6. The molecule has 0 radical (unpaired) electrons. The van der Waals surface area contributed by atoms with Gasteiger partial charge in [0.1, 0.15) is 5.82 Å². The van der Waals surface area contributed by atoms with Gasteiger partial charge in [-0.2, -0.15) is 0 Å². The van der Waals surface area contributed by atoms with Gasteiger partial charge in [0.2, 0.25) is 0 Å². The summed E-state index contributed by atoms with van der Waals surface area (Å²) < 4.78 is 13.7. The van der Waals surface area contributed by atoms with Crippen LogP contribution < -0.4 is 0 Å². The number of rotatable bonds is 8. The summed E-state index contributed by atoms with van der Waals surface area (Å²) >= 11 is 1.69. The van der Waals surface area contributed by atoms with Crippen molar-refractivity contribution in [2.45, 2.75) is 49.3 Å². The summed E-state index contributed by atoms with van der Waals surface area (Å²) in [4.78, 5) is 16.7. The number of amides is 1. The lowest BCUT2D eigenvalue weighted by atomic mass is 9.93. The Labute approximate surface area is 189 Å². The highest BCUT2D eigenvalue weighted by atomic mass is 32.2. The monoisotopic (exact) mass is 435 g/mol. The van der Waals surface area contributed by atoms with E-state index in [2.05, 4.69) is 26.0 Å². The topological polar surface area (TPSA) is 20.3 Å². The lowest BCUT2D eigenvalue weighted by Gasteiger charge is -2.19. The standard InChI is InChI=1S/C27H30FNOS/c1-5-6-16-29(4)27(30)22-14-15-25(19(2)17-22)31-26-13-8-7-12-24(26)20(3)21-10-9-11-23(28)18-21/h7-15,17-18,20H,5-6,16H2,1-4H3. The van der Waals surface area contributed by atoms with Crippen molar-refractivity contribution in [2.24, 2.45) is 0 Å². The van der Waals surface area contributed by atoms with Crippen molar-refractivity contribution in [3.05, 3.63) is 94.8 Å². The molecule has 2 nitrogen and oxygen atoms in total. The number of hydrogen-bond donors (Lipinski definition) is 0. The maximum Gasteiger partial charge on any atom is 0.253 e. The first kappa shape index (κ1) is 23.1. The summed E-state index contributed by atoms with van der Waals surface area (Å²) in [6.45, 7) is 7.05. The van der Waals surface area contributed by atoms with E-state index in [1.807, 2.05) is 50.4 Å². The molecule has 0 aromatic heterocycles. The maximum atomic E-state index is 13.7. The van der Waals surface area contributed by atoms with Crippen molar-refractivity contribution in [1.29, 1.82) is 0 Å². The van der Waals surface area contributed by atoms with Crippen molar-refractivity contribution in [1.82, 2.24) is 4.90 Å². The zero-order chi connectivity index (χ0) is 22.4. The molecule has 3 aromatic rings. The zero-order valence-electron chi connectivity index (χ0n) is 18.7. The van der Waals surface area contributed by atoms with E-state index in [1.54, 1.807) is 28.8 Å². The van der Waals surface area contributed by atoms with Crippen molar-refractivity contribution >= 4 is 17.7 Å². The van der Waals surface area contributed by atoms with Crippen LogP contribution in [0, 0.1) is 12.7 Å². The van der Waals surface area contributed by atoms with E-state index in [0.29, 0.717) is 0 Å². The number of hydrogen-bond acceptors (Lipinski definition) is 2. The first-order chi connectivity index (χ1) is 14.9. The SMILES string of the molecule is CCCCN(C)C(=O)c1ccc(Sc2ccccc2C(C)c2cccc(F)c2)c(C)c1. The van der Waals surface area contributed by atoms with Gasteiger partial charge in [-0.1, -0.05) is 62.4 Å². The Morgan fingerprint density at radius 1 is 1.03 bits per heavy atom. The minimum atomic E-state index is -0.213. The van der Waals surface area contributed by atoms with Crippen LogP contribution in [0.4, 0.5) is 4.39 Å². The number of unbranched alkanes of at least 4 members (excludes halogenated alkanes) is 1. The Hall–Kier alpha value is -2.59. The van der Waals surface area contributed by atoms with Gasteiger partial charge < -0.3 is 4.90 Å². The van der Waals surface area contributed by atoms with Crippen LogP contribution in [-0.2, 0) is 0 Å². The van der Waals surface area contributed by atoms with Crippen LogP contribution in [-0.4, -0.2) is 24.4 Å². The molecule has 0 fully saturated rings. The molecular formula is C27H30FNOS. The lowest BCUT2D eigenvalue weighted by Crippen LogP contribution is -2.27. The van der Waals surface area contributed by atoms with E-state index >= 15 is 0 Å². The maximum absolute atomic E-state index is 13.7. The molecule has 0 aliphatic carbocycles. The summed E-state index contributed by atoms with van der Waals surface area (Å²) in [6.07, 6.45) is 2.08. The van der Waals surface area contributed by atoms with Crippen LogP contribution in [0.25, 0.3) is 0 Å². The second-order valence-electron chi connectivity index (χ2n) is 7.98. The summed E-state index contributed by atoms with van der Waals surface area (Å²) in [5.41, 5.74) is 3.92. The van der Waals surface area contributed by atoms with Gasteiger partial charge in [0.05, 0.1) is 0 Å². The number of benzene rings is 3. The van der Waals surface area contributed by atoms with E-state index < -0.39 is 0 Å². The van der Waals surface area contributed by atoms with Crippen LogP contribution in [0.2, 0.25) is 0 Å². The number of carbonyl (C=O) groups excluding carboxylic acids is 1. The number of nitrogens with zero attached hydrogens (tertiary/aromatic N) is 1. The third-order valence-corrected chi connectivity index (χ3v) is 6.84. The second-order valence-corrected chi connectivity index (χ2v) is 9.06. The van der Waals surface area contributed by atoms with E-state index in [4.69, 9.17) is 0 Å². The molecule has 1 atom stereocenters. The van der Waals surface area contributed by atoms with E-state index in [1.165, 1.54) is 6.07 Å². The Bertz CT molecular complexity index is 1050. The third kappa shape index (κ3) is 5.76. The number of aryl methyl sites for hydroxylation is 1. The molecule has 0 saturated heterocycles. The van der Waals surface area contributed by atoms with E-state index in [-0.39, 0.29) is 17.6 Å². The van der Waals surface area contributed by atoms with Gasteiger partial charge in [-0.3, -0.25) is 4.79 Å². The highest BCUT2D eigenvalue weighted by Gasteiger charge is 2.16. The molecule has 3 aromatic carbocycles. The van der Waals surface area contributed by atoms with Crippen LogP contribution in [0.5, 0.6) is 0 Å². The van der Waals surface area contributed by atoms with Crippen LogP contribution in [0.15, 0.2) is 76.5 Å². The van der Waals surface area contributed by atoms with Gasteiger partial charge in [-0.15, -0.1) is 0 Å². The van der Waals surface area contributed by atoms with E-state index in [9.17, 15) is 9.18 Å². The minimum Gasteiger partial charge on any atom is -0.342 e.